The van der Waals surface area contributed by atoms with E-state index in [0.717, 1.165) is 11.4 Å². The van der Waals surface area contributed by atoms with Gasteiger partial charge in [-0.1, -0.05) is 43.2 Å². The summed E-state index contributed by atoms with van der Waals surface area (Å²) in [6.07, 6.45) is 6.96. The van der Waals surface area contributed by atoms with Crippen LogP contribution in [-0.4, -0.2) is 15.2 Å². The minimum absolute atomic E-state index is 0.563. The van der Waals surface area contributed by atoms with Crippen LogP contribution in [0.25, 0.3) is 27.4 Å². The predicted octanol–water partition coefficient (Wildman–Crippen LogP) is 5.66. The SMILES string of the molecule is [C-]#[N+]c1c(-c2cc(C3CCCC3)c(-c3ccccc3)cn2)n[nH]c1C. The Bertz CT molecular complexity index is 928. The van der Waals surface area contributed by atoms with Crippen LogP contribution in [0, 0.1) is 13.5 Å². The zero-order valence-electron chi connectivity index (χ0n) is 14.3. The van der Waals surface area contributed by atoms with E-state index in [-0.39, 0.29) is 0 Å². The molecule has 0 bridgehead atoms. The zero-order valence-corrected chi connectivity index (χ0v) is 14.3. The summed E-state index contributed by atoms with van der Waals surface area (Å²) in [6, 6.07) is 12.6. The van der Waals surface area contributed by atoms with Gasteiger partial charge in [0.25, 0.3) is 0 Å². The number of aryl methyl sites for hydroxylation is 1. The number of aromatic amines is 1. The molecule has 1 aromatic carbocycles. The molecule has 0 unspecified atom stereocenters. The quantitative estimate of drug-likeness (QED) is 0.631. The van der Waals surface area contributed by atoms with E-state index in [9.17, 15) is 0 Å². The molecule has 25 heavy (non-hydrogen) atoms. The summed E-state index contributed by atoms with van der Waals surface area (Å²) in [4.78, 5) is 8.28. The van der Waals surface area contributed by atoms with E-state index in [2.05, 4.69) is 50.4 Å². The normalized spacial score (nSPS) is 14.6. The second kappa shape index (κ2) is 6.52. The Kier molecular flexibility index (Phi) is 4.07. The molecule has 1 saturated carbocycles. The summed E-state index contributed by atoms with van der Waals surface area (Å²) >= 11 is 0. The maximum Gasteiger partial charge on any atom is 0.236 e. The largest absolute Gasteiger partial charge is 0.294 e. The second-order valence-corrected chi connectivity index (χ2v) is 6.66. The van der Waals surface area contributed by atoms with Crippen molar-refractivity contribution in [3.8, 4) is 22.5 Å². The van der Waals surface area contributed by atoms with Gasteiger partial charge in [0.2, 0.25) is 5.69 Å². The van der Waals surface area contributed by atoms with Gasteiger partial charge in [0.1, 0.15) is 5.69 Å². The molecule has 0 radical (unpaired) electrons. The van der Waals surface area contributed by atoms with E-state index in [1.807, 2.05) is 19.2 Å². The summed E-state index contributed by atoms with van der Waals surface area (Å²) in [5.41, 5.74) is 6.55. The number of aromatic nitrogens is 3. The van der Waals surface area contributed by atoms with Crippen molar-refractivity contribution in [2.75, 3.05) is 0 Å². The molecule has 0 aliphatic heterocycles. The van der Waals surface area contributed by atoms with Gasteiger partial charge >= 0.3 is 0 Å². The molecule has 1 aliphatic rings. The average Bonchev–Trinajstić information content (AvgIpc) is 3.31. The van der Waals surface area contributed by atoms with Crippen molar-refractivity contribution in [1.29, 1.82) is 0 Å². The lowest BCUT2D eigenvalue weighted by atomic mass is 9.90. The first kappa shape index (κ1) is 15.6. The summed E-state index contributed by atoms with van der Waals surface area (Å²) in [6.45, 7) is 9.30. The highest BCUT2D eigenvalue weighted by molar-refractivity contribution is 5.77. The third-order valence-corrected chi connectivity index (χ3v) is 5.09. The molecule has 0 spiro atoms. The van der Waals surface area contributed by atoms with E-state index in [0.29, 0.717) is 17.3 Å². The molecule has 1 aliphatic carbocycles. The zero-order chi connectivity index (χ0) is 17.2. The van der Waals surface area contributed by atoms with E-state index in [1.54, 1.807) is 0 Å². The second-order valence-electron chi connectivity index (χ2n) is 6.66. The Balaban J connectivity index is 1.86. The number of pyridine rings is 1. The molecule has 4 nitrogen and oxygen atoms in total. The highest BCUT2D eigenvalue weighted by Gasteiger charge is 2.23. The van der Waals surface area contributed by atoms with E-state index in [4.69, 9.17) is 6.57 Å². The lowest BCUT2D eigenvalue weighted by Gasteiger charge is -2.16. The molecule has 124 valence electrons. The fourth-order valence-corrected chi connectivity index (χ4v) is 3.77. The maximum absolute atomic E-state index is 7.43. The van der Waals surface area contributed by atoms with Crippen molar-refractivity contribution >= 4 is 5.69 Å². The van der Waals surface area contributed by atoms with Gasteiger partial charge in [-0.3, -0.25) is 10.1 Å². The molecule has 2 aromatic heterocycles. The fraction of sp³-hybridized carbons (Fsp3) is 0.286. The number of hydrogen-bond donors (Lipinski definition) is 1. The topological polar surface area (TPSA) is 45.9 Å². The smallest absolute Gasteiger partial charge is 0.236 e. The Labute approximate surface area is 147 Å². The third-order valence-electron chi connectivity index (χ3n) is 5.09. The van der Waals surface area contributed by atoms with Crippen LogP contribution in [0.3, 0.4) is 0 Å². The van der Waals surface area contributed by atoms with Crippen molar-refractivity contribution in [3.05, 3.63) is 65.3 Å². The van der Waals surface area contributed by atoms with Gasteiger partial charge in [0.15, 0.2) is 0 Å². The molecule has 0 saturated heterocycles. The van der Waals surface area contributed by atoms with Crippen LogP contribution >= 0.6 is 0 Å². The van der Waals surface area contributed by atoms with Gasteiger partial charge in [0.05, 0.1) is 12.3 Å². The van der Waals surface area contributed by atoms with Crippen molar-refractivity contribution in [2.24, 2.45) is 0 Å². The standard InChI is InChI=1S/C21H20N4/c1-14-20(22-2)21(25-24-14)19-12-17(15-10-6-7-11-15)18(13-23-19)16-8-4-3-5-9-16/h3-5,8-9,12-13,15H,6-7,10-11H2,1H3,(H,24,25). The first-order valence-corrected chi connectivity index (χ1v) is 8.76. The van der Waals surface area contributed by atoms with E-state index >= 15 is 0 Å². The summed E-state index contributed by atoms with van der Waals surface area (Å²) in [7, 11) is 0. The lowest BCUT2D eigenvalue weighted by Crippen LogP contribution is -1.99. The molecule has 0 amide bonds. The Morgan fingerprint density at radius 1 is 1.16 bits per heavy atom. The molecule has 0 atom stereocenters. The van der Waals surface area contributed by atoms with E-state index < -0.39 is 0 Å². The number of hydrogen-bond acceptors (Lipinski definition) is 2. The van der Waals surface area contributed by atoms with Crippen molar-refractivity contribution in [2.45, 2.75) is 38.5 Å². The van der Waals surface area contributed by atoms with Gasteiger partial charge in [0, 0.05) is 17.5 Å². The van der Waals surface area contributed by atoms with Crippen LogP contribution in [0.4, 0.5) is 5.69 Å². The molecule has 1 N–H and O–H groups in total. The molecule has 2 heterocycles. The minimum atomic E-state index is 0.563. The maximum atomic E-state index is 7.43. The van der Waals surface area contributed by atoms with Crippen LogP contribution in [0.5, 0.6) is 0 Å². The first-order chi connectivity index (χ1) is 12.3. The van der Waals surface area contributed by atoms with Gasteiger partial charge in [-0.25, -0.2) is 4.85 Å². The molecule has 4 rings (SSSR count). The van der Waals surface area contributed by atoms with Crippen LogP contribution in [0.2, 0.25) is 0 Å². The van der Waals surface area contributed by atoms with Gasteiger partial charge < -0.3 is 0 Å². The Morgan fingerprint density at radius 2 is 1.92 bits per heavy atom. The lowest BCUT2D eigenvalue weighted by molar-refractivity contribution is 0.724. The molecule has 3 aromatic rings. The number of benzene rings is 1. The Hall–Kier alpha value is -2.93. The summed E-state index contributed by atoms with van der Waals surface area (Å²) in [5.74, 6) is 0.563. The van der Waals surface area contributed by atoms with Crippen LogP contribution in [0.15, 0.2) is 42.6 Å². The van der Waals surface area contributed by atoms with Crippen molar-refractivity contribution in [3.63, 3.8) is 0 Å². The van der Waals surface area contributed by atoms with Crippen molar-refractivity contribution < 1.29 is 0 Å². The predicted molar refractivity (Wildman–Crippen MR) is 99.5 cm³/mol. The average molecular weight is 328 g/mol. The monoisotopic (exact) mass is 328 g/mol. The molecular formula is C21H20N4. The Morgan fingerprint density at radius 3 is 2.64 bits per heavy atom. The van der Waals surface area contributed by atoms with Crippen molar-refractivity contribution in [1.82, 2.24) is 15.2 Å². The van der Waals surface area contributed by atoms with Crippen LogP contribution in [0.1, 0.15) is 42.9 Å². The number of nitrogens with one attached hydrogen (secondary N) is 1. The fourth-order valence-electron chi connectivity index (χ4n) is 3.77. The number of rotatable bonds is 3. The van der Waals surface area contributed by atoms with E-state index in [1.165, 1.54) is 42.4 Å². The van der Waals surface area contributed by atoms with Gasteiger partial charge in [-0.05, 0) is 42.9 Å². The molecule has 4 heteroatoms. The summed E-state index contributed by atoms with van der Waals surface area (Å²) in [5, 5.41) is 7.24. The summed E-state index contributed by atoms with van der Waals surface area (Å²) < 4.78 is 0. The molecular weight excluding hydrogens is 308 g/mol. The van der Waals surface area contributed by atoms with Gasteiger partial charge in [-0.15, -0.1) is 0 Å². The highest BCUT2D eigenvalue weighted by Crippen LogP contribution is 2.41. The highest BCUT2D eigenvalue weighted by atomic mass is 15.1. The number of nitrogens with zero attached hydrogens (tertiary/aromatic N) is 3. The minimum Gasteiger partial charge on any atom is -0.294 e. The van der Waals surface area contributed by atoms with Crippen LogP contribution in [-0.2, 0) is 0 Å². The number of H-pyrrole nitrogens is 1. The first-order valence-electron chi connectivity index (χ1n) is 8.76. The third kappa shape index (κ3) is 2.83. The molecule has 1 fully saturated rings. The van der Waals surface area contributed by atoms with Gasteiger partial charge in [-0.2, -0.15) is 5.10 Å². The van der Waals surface area contributed by atoms with Crippen LogP contribution < -0.4 is 0 Å².